The van der Waals surface area contributed by atoms with E-state index >= 15 is 0 Å². The van der Waals surface area contributed by atoms with E-state index in [1.807, 2.05) is 0 Å². The van der Waals surface area contributed by atoms with Crippen molar-refractivity contribution in [1.82, 2.24) is 0 Å². The van der Waals surface area contributed by atoms with Crippen LogP contribution in [0.3, 0.4) is 0 Å². The van der Waals surface area contributed by atoms with Gasteiger partial charge < -0.3 is 9.84 Å². The van der Waals surface area contributed by atoms with E-state index in [0.717, 1.165) is 6.08 Å². The molecular formula is C15H11F17O3. The minimum atomic E-state index is -8.69. The fourth-order valence-corrected chi connectivity index (χ4v) is 2.00. The summed E-state index contributed by atoms with van der Waals surface area (Å²) in [5.41, 5.74) is 0. The summed E-state index contributed by atoms with van der Waals surface area (Å²) in [5.74, 6) is -58.9. The lowest BCUT2D eigenvalue weighted by molar-refractivity contribution is -0.461. The van der Waals surface area contributed by atoms with Crippen LogP contribution in [0, 0.1) is 0 Å². The number of esters is 1. The smallest absolute Gasteiger partial charge is 0.460 e. The van der Waals surface area contributed by atoms with Crippen molar-refractivity contribution in [2.75, 3.05) is 6.61 Å². The third-order valence-electron chi connectivity index (χ3n) is 4.08. The summed E-state index contributed by atoms with van der Waals surface area (Å²) < 4.78 is 226. The molecule has 0 fully saturated rings. The van der Waals surface area contributed by atoms with Gasteiger partial charge >= 0.3 is 53.6 Å². The summed E-state index contributed by atoms with van der Waals surface area (Å²) in [7, 11) is 0. The first kappa shape index (κ1) is 32.8. The highest BCUT2D eigenvalue weighted by molar-refractivity contribution is 5.69. The van der Waals surface area contributed by atoms with Crippen LogP contribution in [0.2, 0.25) is 0 Å². The molecule has 0 amide bonds. The van der Waals surface area contributed by atoms with Gasteiger partial charge in [-0.15, -0.1) is 0 Å². The maximum Gasteiger partial charge on any atom is 0.460 e. The van der Waals surface area contributed by atoms with Crippen LogP contribution < -0.4 is 0 Å². The molecule has 0 aromatic rings. The standard InChI is InChI=1S/C15H11F17O3/c16-8(17,4-3-7(34)35-6-2-1-5-33)9(18,19)10(20,21)11(22,23)12(24,25)13(26,27)14(28,29)15(30,31)32/h1,5,33H,2-4,6H2. The zero-order valence-electron chi connectivity index (χ0n) is 16.2. The zero-order chi connectivity index (χ0) is 28.5. The molecule has 0 radical (unpaired) electrons. The van der Waals surface area contributed by atoms with Gasteiger partial charge in [0.05, 0.1) is 19.3 Å². The van der Waals surface area contributed by atoms with Crippen LogP contribution in [0.15, 0.2) is 12.3 Å². The van der Waals surface area contributed by atoms with Gasteiger partial charge in [-0.1, -0.05) is 0 Å². The molecule has 0 aromatic heterocycles. The van der Waals surface area contributed by atoms with Gasteiger partial charge in [-0.05, 0) is 6.08 Å². The van der Waals surface area contributed by atoms with E-state index in [2.05, 4.69) is 4.74 Å². The van der Waals surface area contributed by atoms with E-state index in [-0.39, 0.29) is 6.42 Å². The van der Waals surface area contributed by atoms with Crippen LogP contribution in [0.25, 0.3) is 0 Å². The lowest BCUT2D eigenvalue weighted by Gasteiger charge is -2.42. The Bertz CT molecular complexity index is 769. The Morgan fingerprint density at radius 1 is 0.629 bits per heavy atom. The Balaban J connectivity index is 6.15. The average Bonchev–Trinajstić information content (AvgIpc) is 2.67. The number of hydrogen-bond acceptors (Lipinski definition) is 3. The van der Waals surface area contributed by atoms with Gasteiger partial charge in [0.15, 0.2) is 0 Å². The second-order valence-corrected chi connectivity index (χ2v) is 6.54. The number of aliphatic hydroxyl groups is 1. The number of halogens is 17. The van der Waals surface area contributed by atoms with Gasteiger partial charge in [0.2, 0.25) is 0 Å². The Morgan fingerprint density at radius 3 is 1.37 bits per heavy atom. The van der Waals surface area contributed by atoms with Gasteiger partial charge in [-0.2, -0.15) is 74.6 Å². The Labute approximate surface area is 182 Å². The van der Waals surface area contributed by atoms with Crippen molar-refractivity contribution >= 4 is 5.97 Å². The van der Waals surface area contributed by atoms with E-state index in [1.165, 1.54) is 0 Å². The first-order chi connectivity index (χ1) is 15.2. The minimum Gasteiger partial charge on any atom is -0.516 e. The molecule has 0 saturated carbocycles. The summed E-state index contributed by atoms with van der Waals surface area (Å²) in [4.78, 5) is 11.1. The molecule has 0 aliphatic rings. The van der Waals surface area contributed by atoms with E-state index in [0.29, 0.717) is 6.26 Å². The monoisotopic (exact) mass is 562 g/mol. The van der Waals surface area contributed by atoms with Crippen LogP contribution in [0.4, 0.5) is 74.6 Å². The molecule has 0 rings (SSSR count). The van der Waals surface area contributed by atoms with Crippen LogP contribution in [-0.4, -0.2) is 65.3 Å². The van der Waals surface area contributed by atoms with E-state index < -0.39 is 73.1 Å². The van der Waals surface area contributed by atoms with Gasteiger partial charge in [0.1, 0.15) is 0 Å². The summed E-state index contributed by atoms with van der Waals surface area (Å²) in [6.07, 6.45) is -11.7. The molecule has 35 heavy (non-hydrogen) atoms. The molecule has 0 aliphatic carbocycles. The fraction of sp³-hybridized carbons (Fsp3) is 0.800. The molecule has 0 saturated heterocycles. The summed E-state index contributed by atoms with van der Waals surface area (Å²) in [6.45, 7) is -0.735. The number of carbonyl (C=O) groups is 1. The molecule has 0 atom stereocenters. The van der Waals surface area contributed by atoms with Crippen molar-refractivity contribution in [2.24, 2.45) is 0 Å². The lowest BCUT2D eigenvalue weighted by Crippen LogP contribution is -2.74. The summed E-state index contributed by atoms with van der Waals surface area (Å²) >= 11 is 0. The number of alkyl halides is 17. The van der Waals surface area contributed by atoms with Crippen LogP contribution >= 0.6 is 0 Å². The molecule has 20 heteroatoms. The molecule has 0 bridgehead atoms. The zero-order valence-corrected chi connectivity index (χ0v) is 16.2. The largest absolute Gasteiger partial charge is 0.516 e. The Hall–Kier alpha value is -2.18. The lowest BCUT2D eigenvalue weighted by atomic mass is 9.88. The number of aliphatic hydroxyl groups excluding tert-OH is 1. The van der Waals surface area contributed by atoms with Crippen molar-refractivity contribution < 1.29 is 89.3 Å². The van der Waals surface area contributed by atoms with Gasteiger partial charge in [-0.25, -0.2) is 0 Å². The van der Waals surface area contributed by atoms with Crippen molar-refractivity contribution in [3.8, 4) is 0 Å². The van der Waals surface area contributed by atoms with Gasteiger partial charge in [0, 0.05) is 12.8 Å². The molecule has 208 valence electrons. The highest BCUT2D eigenvalue weighted by Crippen LogP contribution is 2.64. The maximum atomic E-state index is 13.6. The minimum absolute atomic E-state index is 0.315. The highest BCUT2D eigenvalue weighted by Gasteiger charge is 2.95. The molecule has 0 aromatic carbocycles. The van der Waals surface area contributed by atoms with E-state index in [4.69, 9.17) is 5.11 Å². The fourth-order valence-electron chi connectivity index (χ4n) is 2.00. The number of carbonyl (C=O) groups excluding carboxylic acids is 1. The SMILES string of the molecule is O=C(CCC(F)(F)C(F)(F)C(F)(F)C(F)(F)C(F)(F)C(F)(F)C(F)(F)C(F)(F)F)OCCC=CO. The van der Waals surface area contributed by atoms with E-state index in [1.54, 1.807) is 0 Å². The second-order valence-electron chi connectivity index (χ2n) is 6.54. The molecule has 0 unspecified atom stereocenters. The molecule has 3 nitrogen and oxygen atoms in total. The first-order valence-corrected chi connectivity index (χ1v) is 8.37. The summed E-state index contributed by atoms with van der Waals surface area (Å²) in [6, 6.07) is 0. The number of rotatable bonds is 12. The second kappa shape index (κ2) is 9.70. The third-order valence-corrected chi connectivity index (χ3v) is 4.08. The van der Waals surface area contributed by atoms with Crippen LogP contribution in [0.5, 0.6) is 0 Å². The van der Waals surface area contributed by atoms with Crippen molar-refractivity contribution in [3.05, 3.63) is 12.3 Å². The van der Waals surface area contributed by atoms with Crippen molar-refractivity contribution in [1.29, 1.82) is 0 Å². The number of ether oxygens (including phenoxy) is 1. The predicted octanol–water partition coefficient (Wildman–Crippen LogP) is 6.78. The predicted molar refractivity (Wildman–Crippen MR) is 77.3 cm³/mol. The average molecular weight is 562 g/mol. The van der Waals surface area contributed by atoms with Crippen LogP contribution in [0.1, 0.15) is 19.3 Å². The maximum absolute atomic E-state index is 13.6. The van der Waals surface area contributed by atoms with Gasteiger partial charge in [-0.3, -0.25) is 4.79 Å². The molecule has 1 N–H and O–H groups in total. The normalized spacial score (nSPS) is 15.6. The van der Waals surface area contributed by atoms with Gasteiger partial charge in [0.25, 0.3) is 0 Å². The van der Waals surface area contributed by atoms with Crippen molar-refractivity contribution in [2.45, 2.75) is 66.9 Å². The van der Waals surface area contributed by atoms with Crippen molar-refractivity contribution in [3.63, 3.8) is 0 Å². The molecule has 0 spiro atoms. The van der Waals surface area contributed by atoms with E-state index in [9.17, 15) is 79.4 Å². The van der Waals surface area contributed by atoms with Crippen LogP contribution in [-0.2, 0) is 9.53 Å². The quantitative estimate of drug-likeness (QED) is 0.124. The first-order valence-electron chi connectivity index (χ1n) is 8.37. The molecule has 0 aliphatic heterocycles. The summed E-state index contributed by atoms with van der Waals surface area (Å²) in [5, 5.41) is 8.23. The highest BCUT2D eigenvalue weighted by atomic mass is 19.4. The Kier molecular flexibility index (Phi) is 9.10. The molecular weight excluding hydrogens is 551 g/mol. The number of hydrogen-bond donors (Lipinski definition) is 1. The molecule has 0 heterocycles. The third kappa shape index (κ3) is 5.34. The topological polar surface area (TPSA) is 46.5 Å². The Morgan fingerprint density at radius 2 is 1.00 bits per heavy atom.